The molecule has 0 saturated carbocycles. The van der Waals surface area contributed by atoms with Crippen LogP contribution in [0.15, 0.2) is 18.2 Å². The summed E-state index contributed by atoms with van der Waals surface area (Å²) in [7, 11) is 0. The molecule has 2 N–H and O–H groups in total. The molecule has 3 heterocycles. The minimum absolute atomic E-state index is 0.533. The fourth-order valence-corrected chi connectivity index (χ4v) is 3.62. The highest BCUT2D eigenvalue weighted by Gasteiger charge is 2.22. The molecule has 0 aromatic carbocycles. The number of nitrogens with two attached hydrogens (primary N) is 1. The van der Waals surface area contributed by atoms with E-state index in [2.05, 4.69) is 26.9 Å². The Labute approximate surface area is 128 Å². The minimum atomic E-state index is 0.533. The van der Waals surface area contributed by atoms with Gasteiger partial charge in [0.05, 0.1) is 11.4 Å². The molecule has 1 aromatic heterocycles. The van der Waals surface area contributed by atoms with Gasteiger partial charge in [-0.05, 0) is 69.9 Å². The first kappa shape index (κ1) is 14.9. The van der Waals surface area contributed by atoms with Crippen molar-refractivity contribution in [1.82, 2.24) is 14.8 Å². The molecule has 2 aliphatic heterocycles. The van der Waals surface area contributed by atoms with Crippen LogP contribution in [0.5, 0.6) is 0 Å². The molecule has 4 nitrogen and oxygen atoms in total. The lowest BCUT2D eigenvalue weighted by Crippen LogP contribution is -2.37. The average Bonchev–Trinajstić information content (AvgIpc) is 3.02. The van der Waals surface area contributed by atoms with Gasteiger partial charge in [0.15, 0.2) is 0 Å². The van der Waals surface area contributed by atoms with Gasteiger partial charge in [0, 0.05) is 19.6 Å². The minimum Gasteiger partial charge on any atom is -0.325 e. The van der Waals surface area contributed by atoms with Crippen molar-refractivity contribution >= 4 is 0 Å². The second-order valence-corrected chi connectivity index (χ2v) is 6.55. The molecular formula is C17H28N4. The van der Waals surface area contributed by atoms with Gasteiger partial charge in [0.2, 0.25) is 0 Å². The van der Waals surface area contributed by atoms with Crippen LogP contribution >= 0.6 is 0 Å². The Bertz CT molecular complexity index is 434. The molecule has 2 saturated heterocycles. The number of pyridine rings is 1. The molecule has 0 spiro atoms. The van der Waals surface area contributed by atoms with E-state index in [1.165, 1.54) is 58.4 Å². The summed E-state index contributed by atoms with van der Waals surface area (Å²) in [6.07, 6.45) is 5.49. The molecule has 0 bridgehead atoms. The molecule has 116 valence electrons. The number of rotatable bonds is 5. The number of piperidine rings is 1. The topological polar surface area (TPSA) is 45.4 Å². The van der Waals surface area contributed by atoms with Gasteiger partial charge in [0.1, 0.15) is 0 Å². The highest BCUT2D eigenvalue weighted by molar-refractivity contribution is 5.11. The molecule has 1 aromatic rings. The molecular weight excluding hydrogens is 260 g/mol. The summed E-state index contributed by atoms with van der Waals surface area (Å²) in [5.41, 5.74) is 7.83. The zero-order valence-electron chi connectivity index (χ0n) is 13.0. The van der Waals surface area contributed by atoms with Gasteiger partial charge < -0.3 is 10.6 Å². The van der Waals surface area contributed by atoms with Crippen LogP contribution in [0.1, 0.15) is 37.1 Å². The zero-order valence-corrected chi connectivity index (χ0v) is 13.0. The van der Waals surface area contributed by atoms with E-state index in [0.717, 1.165) is 23.9 Å². The van der Waals surface area contributed by atoms with Crippen molar-refractivity contribution in [3.05, 3.63) is 29.6 Å². The fourth-order valence-electron chi connectivity index (χ4n) is 3.62. The summed E-state index contributed by atoms with van der Waals surface area (Å²) < 4.78 is 0. The molecule has 0 unspecified atom stereocenters. The maximum atomic E-state index is 5.67. The molecule has 4 heteroatoms. The van der Waals surface area contributed by atoms with Crippen LogP contribution in [0.4, 0.5) is 0 Å². The van der Waals surface area contributed by atoms with Gasteiger partial charge in [-0.1, -0.05) is 6.07 Å². The van der Waals surface area contributed by atoms with E-state index in [1.807, 2.05) is 6.07 Å². The van der Waals surface area contributed by atoms with E-state index in [0.29, 0.717) is 6.54 Å². The van der Waals surface area contributed by atoms with Crippen LogP contribution in [-0.2, 0) is 13.1 Å². The first-order valence-electron chi connectivity index (χ1n) is 8.43. The van der Waals surface area contributed by atoms with Crippen molar-refractivity contribution < 1.29 is 0 Å². The SMILES string of the molecule is NCc1cccc(CN2CCC(CN3CCCC3)CC2)n1. The molecule has 3 rings (SSSR count). The Morgan fingerprint density at radius 2 is 1.71 bits per heavy atom. The summed E-state index contributed by atoms with van der Waals surface area (Å²) in [5.74, 6) is 0.905. The van der Waals surface area contributed by atoms with Crippen LogP contribution in [-0.4, -0.2) is 47.5 Å². The van der Waals surface area contributed by atoms with Crippen LogP contribution in [0.2, 0.25) is 0 Å². The van der Waals surface area contributed by atoms with Gasteiger partial charge in [-0.3, -0.25) is 9.88 Å². The summed E-state index contributed by atoms with van der Waals surface area (Å²) in [6.45, 7) is 7.93. The number of likely N-dealkylation sites (tertiary alicyclic amines) is 2. The van der Waals surface area contributed by atoms with Crippen molar-refractivity contribution in [3.8, 4) is 0 Å². The standard InChI is InChI=1S/C17H28N4/c18-12-16-4-3-5-17(19-16)14-21-10-6-15(7-11-21)13-20-8-1-2-9-20/h3-5,15H,1-2,6-14,18H2. The highest BCUT2D eigenvalue weighted by atomic mass is 15.2. The molecule has 0 radical (unpaired) electrons. The molecule has 21 heavy (non-hydrogen) atoms. The van der Waals surface area contributed by atoms with Crippen LogP contribution in [0, 0.1) is 5.92 Å². The van der Waals surface area contributed by atoms with Gasteiger partial charge in [-0.25, -0.2) is 0 Å². The summed E-state index contributed by atoms with van der Waals surface area (Å²) >= 11 is 0. The Morgan fingerprint density at radius 1 is 1.00 bits per heavy atom. The second-order valence-electron chi connectivity index (χ2n) is 6.55. The third-order valence-corrected chi connectivity index (χ3v) is 4.88. The van der Waals surface area contributed by atoms with E-state index in [1.54, 1.807) is 0 Å². The lowest BCUT2D eigenvalue weighted by molar-refractivity contribution is 0.147. The van der Waals surface area contributed by atoms with E-state index in [9.17, 15) is 0 Å². The number of nitrogens with zero attached hydrogens (tertiary/aromatic N) is 3. The quantitative estimate of drug-likeness (QED) is 0.898. The van der Waals surface area contributed by atoms with Gasteiger partial charge in [0.25, 0.3) is 0 Å². The van der Waals surface area contributed by atoms with Crippen molar-refractivity contribution in [1.29, 1.82) is 0 Å². The van der Waals surface area contributed by atoms with Crippen molar-refractivity contribution in [2.75, 3.05) is 32.7 Å². The maximum absolute atomic E-state index is 5.67. The van der Waals surface area contributed by atoms with Crippen molar-refractivity contribution in [3.63, 3.8) is 0 Å². The first-order chi connectivity index (χ1) is 10.3. The lowest BCUT2D eigenvalue weighted by atomic mass is 9.96. The van der Waals surface area contributed by atoms with Gasteiger partial charge in [-0.2, -0.15) is 0 Å². The third kappa shape index (κ3) is 4.25. The fraction of sp³-hybridized carbons (Fsp3) is 0.706. The van der Waals surface area contributed by atoms with E-state index in [-0.39, 0.29) is 0 Å². The molecule has 2 fully saturated rings. The van der Waals surface area contributed by atoms with E-state index in [4.69, 9.17) is 5.73 Å². The Hall–Kier alpha value is -0.970. The largest absolute Gasteiger partial charge is 0.325 e. The zero-order chi connectivity index (χ0) is 14.5. The Kier molecular flexibility index (Phi) is 5.22. The van der Waals surface area contributed by atoms with E-state index < -0.39 is 0 Å². The van der Waals surface area contributed by atoms with Crippen molar-refractivity contribution in [2.24, 2.45) is 11.7 Å². The van der Waals surface area contributed by atoms with Crippen molar-refractivity contribution in [2.45, 2.75) is 38.8 Å². The molecule has 0 aliphatic carbocycles. The molecule has 0 amide bonds. The monoisotopic (exact) mass is 288 g/mol. The first-order valence-corrected chi connectivity index (χ1v) is 8.43. The third-order valence-electron chi connectivity index (χ3n) is 4.88. The molecule has 0 atom stereocenters. The maximum Gasteiger partial charge on any atom is 0.0547 e. The number of hydrogen-bond acceptors (Lipinski definition) is 4. The normalized spacial score (nSPS) is 22.0. The second kappa shape index (κ2) is 7.34. The van der Waals surface area contributed by atoms with Crippen LogP contribution < -0.4 is 5.73 Å². The lowest BCUT2D eigenvalue weighted by Gasteiger charge is -2.33. The predicted molar refractivity (Wildman–Crippen MR) is 85.8 cm³/mol. The highest BCUT2D eigenvalue weighted by Crippen LogP contribution is 2.21. The molecule has 2 aliphatic rings. The summed E-state index contributed by atoms with van der Waals surface area (Å²) in [4.78, 5) is 9.82. The number of aromatic nitrogens is 1. The average molecular weight is 288 g/mol. The van der Waals surface area contributed by atoms with Gasteiger partial charge in [-0.15, -0.1) is 0 Å². The smallest absolute Gasteiger partial charge is 0.0547 e. The predicted octanol–water partition coefficient (Wildman–Crippen LogP) is 1.85. The van der Waals surface area contributed by atoms with Gasteiger partial charge >= 0.3 is 0 Å². The number of hydrogen-bond donors (Lipinski definition) is 1. The van der Waals surface area contributed by atoms with E-state index >= 15 is 0 Å². The van der Waals surface area contributed by atoms with Crippen LogP contribution in [0.25, 0.3) is 0 Å². The Morgan fingerprint density at radius 3 is 2.43 bits per heavy atom. The van der Waals surface area contributed by atoms with Crippen LogP contribution in [0.3, 0.4) is 0 Å². The summed E-state index contributed by atoms with van der Waals surface area (Å²) in [5, 5.41) is 0. The summed E-state index contributed by atoms with van der Waals surface area (Å²) in [6, 6.07) is 6.20. The Balaban J connectivity index is 1.44.